The highest BCUT2D eigenvalue weighted by Crippen LogP contribution is 2.22. The molecule has 2 N–H and O–H groups in total. The molecule has 17 heavy (non-hydrogen) atoms. The average Bonchev–Trinajstić information content (AvgIpc) is 2.97. The number of ether oxygens (including phenoxy) is 1. The largest absolute Gasteiger partial charge is 0.462 e. The van der Waals surface area contributed by atoms with Crippen molar-refractivity contribution in [2.75, 3.05) is 13.2 Å². The van der Waals surface area contributed by atoms with Gasteiger partial charge in [0.1, 0.15) is 18.1 Å². The Morgan fingerprint density at radius 3 is 2.94 bits per heavy atom. The molecular weight excluding hydrogens is 218 g/mol. The van der Waals surface area contributed by atoms with Crippen LogP contribution in [0.4, 0.5) is 0 Å². The molecule has 96 valence electrons. The number of hydrogen-bond donors (Lipinski definition) is 2. The van der Waals surface area contributed by atoms with Crippen molar-refractivity contribution in [1.82, 2.24) is 5.32 Å². The number of rotatable bonds is 6. The van der Waals surface area contributed by atoms with Crippen LogP contribution in [0.5, 0.6) is 0 Å². The van der Waals surface area contributed by atoms with Crippen LogP contribution in [0.1, 0.15) is 31.3 Å². The molecular formula is C13H21NO3. The SMILES string of the molecule is CCC1OCCC1CNCc1ccc(CO)o1. The van der Waals surface area contributed by atoms with Gasteiger partial charge in [-0.25, -0.2) is 0 Å². The molecule has 1 aliphatic rings. The van der Waals surface area contributed by atoms with Crippen molar-refractivity contribution in [3.05, 3.63) is 23.7 Å². The van der Waals surface area contributed by atoms with Gasteiger partial charge < -0.3 is 19.6 Å². The molecule has 0 bridgehead atoms. The quantitative estimate of drug-likeness (QED) is 0.793. The molecule has 1 aromatic rings. The summed E-state index contributed by atoms with van der Waals surface area (Å²) in [5.41, 5.74) is 0. The van der Waals surface area contributed by atoms with Gasteiger partial charge in [-0.2, -0.15) is 0 Å². The first-order valence-electron chi connectivity index (χ1n) is 6.34. The lowest BCUT2D eigenvalue weighted by molar-refractivity contribution is 0.0871. The van der Waals surface area contributed by atoms with Crippen LogP contribution >= 0.6 is 0 Å². The lowest BCUT2D eigenvalue weighted by Gasteiger charge is -2.16. The van der Waals surface area contributed by atoms with Crippen LogP contribution in [0.2, 0.25) is 0 Å². The van der Waals surface area contributed by atoms with Gasteiger partial charge in [0.15, 0.2) is 0 Å². The van der Waals surface area contributed by atoms with Crippen LogP contribution < -0.4 is 5.32 Å². The highest BCUT2D eigenvalue weighted by molar-refractivity contribution is 5.06. The highest BCUT2D eigenvalue weighted by atomic mass is 16.5. The number of aliphatic hydroxyl groups excluding tert-OH is 1. The summed E-state index contributed by atoms with van der Waals surface area (Å²) in [6.45, 7) is 4.71. The second kappa shape index (κ2) is 6.19. The van der Waals surface area contributed by atoms with E-state index in [9.17, 15) is 0 Å². The van der Waals surface area contributed by atoms with Gasteiger partial charge in [0, 0.05) is 13.2 Å². The smallest absolute Gasteiger partial charge is 0.129 e. The summed E-state index contributed by atoms with van der Waals surface area (Å²) in [4.78, 5) is 0. The Morgan fingerprint density at radius 2 is 2.24 bits per heavy atom. The Balaban J connectivity index is 1.72. The van der Waals surface area contributed by atoms with E-state index in [2.05, 4.69) is 12.2 Å². The third-order valence-corrected chi connectivity index (χ3v) is 3.33. The molecule has 4 nitrogen and oxygen atoms in total. The Bertz CT molecular complexity index is 337. The molecule has 0 amide bonds. The molecule has 0 aromatic carbocycles. The minimum Gasteiger partial charge on any atom is -0.462 e. The lowest BCUT2D eigenvalue weighted by Crippen LogP contribution is -2.27. The molecule has 0 radical (unpaired) electrons. The second-order valence-corrected chi connectivity index (χ2v) is 4.52. The first-order chi connectivity index (χ1) is 8.33. The molecule has 0 spiro atoms. The van der Waals surface area contributed by atoms with Crippen LogP contribution in [0.25, 0.3) is 0 Å². The molecule has 1 fully saturated rings. The van der Waals surface area contributed by atoms with E-state index in [0.29, 0.717) is 24.3 Å². The van der Waals surface area contributed by atoms with Crippen molar-refractivity contribution in [3.8, 4) is 0 Å². The predicted octanol–water partition coefficient (Wildman–Crippen LogP) is 1.68. The summed E-state index contributed by atoms with van der Waals surface area (Å²) >= 11 is 0. The van der Waals surface area contributed by atoms with E-state index in [1.165, 1.54) is 0 Å². The van der Waals surface area contributed by atoms with E-state index in [-0.39, 0.29) is 6.61 Å². The molecule has 2 heterocycles. The second-order valence-electron chi connectivity index (χ2n) is 4.52. The normalized spacial score (nSPS) is 24.4. The van der Waals surface area contributed by atoms with Gasteiger partial charge in [-0.1, -0.05) is 6.92 Å². The maximum atomic E-state index is 8.88. The fourth-order valence-electron chi connectivity index (χ4n) is 2.36. The number of furan rings is 1. The lowest BCUT2D eigenvalue weighted by atomic mass is 10.00. The molecule has 0 aliphatic carbocycles. The molecule has 2 rings (SSSR count). The van der Waals surface area contributed by atoms with Crippen molar-refractivity contribution < 1.29 is 14.3 Å². The fourth-order valence-corrected chi connectivity index (χ4v) is 2.36. The molecule has 1 saturated heterocycles. The van der Waals surface area contributed by atoms with Crippen molar-refractivity contribution in [3.63, 3.8) is 0 Å². The first-order valence-corrected chi connectivity index (χ1v) is 6.34. The monoisotopic (exact) mass is 239 g/mol. The number of aliphatic hydroxyl groups is 1. The highest BCUT2D eigenvalue weighted by Gasteiger charge is 2.25. The minimum atomic E-state index is -0.0334. The minimum absolute atomic E-state index is 0.0334. The summed E-state index contributed by atoms with van der Waals surface area (Å²) in [6, 6.07) is 3.71. The number of nitrogens with one attached hydrogen (secondary N) is 1. The van der Waals surface area contributed by atoms with Crippen LogP contribution in [0.15, 0.2) is 16.5 Å². The predicted molar refractivity (Wildman–Crippen MR) is 64.5 cm³/mol. The van der Waals surface area contributed by atoms with Gasteiger partial charge in [0.2, 0.25) is 0 Å². The van der Waals surface area contributed by atoms with Gasteiger partial charge in [-0.15, -0.1) is 0 Å². The molecule has 0 saturated carbocycles. The summed E-state index contributed by atoms with van der Waals surface area (Å²) in [6.07, 6.45) is 2.64. The zero-order valence-electron chi connectivity index (χ0n) is 10.3. The van der Waals surface area contributed by atoms with Crippen LogP contribution in [-0.2, 0) is 17.9 Å². The third kappa shape index (κ3) is 3.31. The van der Waals surface area contributed by atoms with Crippen molar-refractivity contribution in [2.24, 2.45) is 5.92 Å². The van der Waals surface area contributed by atoms with Gasteiger partial charge in [-0.3, -0.25) is 0 Å². The zero-order valence-corrected chi connectivity index (χ0v) is 10.3. The molecule has 1 aliphatic heterocycles. The standard InChI is InChI=1S/C13H21NO3/c1-2-13-10(5-6-16-13)7-14-8-11-3-4-12(9-15)17-11/h3-4,10,13-15H,2,5-9H2,1H3. The average molecular weight is 239 g/mol. The Labute approximate surface area is 102 Å². The fraction of sp³-hybridized carbons (Fsp3) is 0.692. The molecule has 1 aromatic heterocycles. The van der Waals surface area contributed by atoms with E-state index in [0.717, 1.165) is 31.8 Å². The Kier molecular flexibility index (Phi) is 4.59. The first kappa shape index (κ1) is 12.6. The molecule has 2 unspecified atom stereocenters. The van der Waals surface area contributed by atoms with Crippen molar-refractivity contribution >= 4 is 0 Å². The van der Waals surface area contributed by atoms with Gasteiger partial charge >= 0.3 is 0 Å². The summed E-state index contributed by atoms with van der Waals surface area (Å²) < 4.78 is 11.0. The van der Waals surface area contributed by atoms with Gasteiger partial charge in [0.25, 0.3) is 0 Å². The van der Waals surface area contributed by atoms with Crippen LogP contribution in [-0.4, -0.2) is 24.4 Å². The van der Waals surface area contributed by atoms with Crippen molar-refractivity contribution in [2.45, 2.75) is 39.0 Å². The zero-order chi connectivity index (χ0) is 12.1. The summed E-state index contributed by atoms with van der Waals surface area (Å²) in [7, 11) is 0. The Morgan fingerprint density at radius 1 is 1.41 bits per heavy atom. The van der Waals surface area contributed by atoms with Crippen LogP contribution in [0, 0.1) is 5.92 Å². The maximum Gasteiger partial charge on any atom is 0.129 e. The molecule has 2 atom stereocenters. The molecule has 4 heteroatoms. The van der Waals surface area contributed by atoms with E-state index in [1.807, 2.05) is 12.1 Å². The van der Waals surface area contributed by atoms with Gasteiger partial charge in [0.05, 0.1) is 12.6 Å². The Hall–Kier alpha value is -0.840. The van der Waals surface area contributed by atoms with E-state index in [1.54, 1.807) is 0 Å². The number of hydrogen-bond acceptors (Lipinski definition) is 4. The van der Waals surface area contributed by atoms with Gasteiger partial charge in [-0.05, 0) is 30.9 Å². The summed E-state index contributed by atoms with van der Waals surface area (Å²) in [5.74, 6) is 2.12. The maximum absolute atomic E-state index is 8.88. The topological polar surface area (TPSA) is 54.6 Å². The van der Waals surface area contributed by atoms with Crippen molar-refractivity contribution in [1.29, 1.82) is 0 Å². The van der Waals surface area contributed by atoms with E-state index < -0.39 is 0 Å². The third-order valence-electron chi connectivity index (χ3n) is 3.33. The van der Waals surface area contributed by atoms with E-state index >= 15 is 0 Å². The van der Waals surface area contributed by atoms with Crippen LogP contribution in [0.3, 0.4) is 0 Å². The summed E-state index contributed by atoms with van der Waals surface area (Å²) in [5, 5.41) is 12.3. The van der Waals surface area contributed by atoms with E-state index in [4.69, 9.17) is 14.3 Å².